The van der Waals surface area contributed by atoms with Crippen LogP contribution in [0.3, 0.4) is 0 Å². The molecule has 0 radical (unpaired) electrons. The Morgan fingerprint density at radius 1 is 0.700 bits per heavy atom. The van der Waals surface area contributed by atoms with Crippen molar-refractivity contribution in [2.45, 2.75) is 0 Å². The maximum atomic E-state index is 9.11. The predicted molar refractivity (Wildman–Crippen MR) is 119 cm³/mol. The molecule has 0 atom stereocenters. The van der Waals surface area contributed by atoms with Crippen molar-refractivity contribution in [1.29, 1.82) is 5.26 Å². The van der Waals surface area contributed by atoms with Crippen molar-refractivity contribution in [2.24, 2.45) is 0 Å². The average molecular weight is 385 g/mol. The van der Waals surface area contributed by atoms with Gasteiger partial charge < -0.3 is 9.97 Å². The molecule has 2 aromatic heterocycles. The number of hydrogen-bond acceptors (Lipinski definition) is 3. The summed E-state index contributed by atoms with van der Waals surface area (Å²) >= 11 is 0. The molecule has 0 amide bonds. The molecular weight excluding hydrogens is 370 g/mol. The number of nitrogens with zero attached hydrogens (tertiary/aromatic N) is 3. The minimum Gasteiger partial charge on any atom is -0.338 e. The zero-order valence-electron chi connectivity index (χ0n) is 15.8. The smallest absolute Gasteiger partial charge is 0.139 e. The van der Waals surface area contributed by atoms with Crippen LogP contribution in [0.4, 0.5) is 0 Å². The molecule has 0 aliphatic carbocycles. The molecule has 0 saturated carbocycles. The van der Waals surface area contributed by atoms with Crippen LogP contribution in [0.5, 0.6) is 0 Å². The molecule has 30 heavy (non-hydrogen) atoms. The number of nitrogens with one attached hydrogen (secondary N) is 2. The van der Waals surface area contributed by atoms with Crippen LogP contribution in [0.1, 0.15) is 5.56 Å². The maximum Gasteiger partial charge on any atom is 0.139 e. The second-order valence-corrected chi connectivity index (χ2v) is 7.27. The van der Waals surface area contributed by atoms with Crippen LogP contribution in [-0.4, -0.2) is 19.9 Å². The van der Waals surface area contributed by atoms with Gasteiger partial charge in [0.05, 0.1) is 33.7 Å². The van der Waals surface area contributed by atoms with Crippen LogP contribution in [0.2, 0.25) is 0 Å². The third-order valence-corrected chi connectivity index (χ3v) is 5.41. The average Bonchev–Trinajstić information content (AvgIpc) is 3.41. The number of aromatic nitrogens is 4. The lowest BCUT2D eigenvalue weighted by Crippen LogP contribution is -1.83. The van der Waals surface area contributed by atoms with E-state index < -0.39 is 0 Å². The summed E-state index contributed by atoms with van der Waals surface area (Å²) in [4.78, 5) is 16.3. The van der Waals surface area contributed by atoms with E-state index in [-0.39, 0.29) is 0 Å². The molecule has 5 heteroatoms. The van der Waals surface area contributed by atoms with Crippen molar-refractivity contribution in [3.05, 3.63) is 84.4 Å². The van der Waals surface area contributed by atoms with Crippen LogP contribution in [-0.2, 0) is 0 Å². The molecular formula is C25H15N5. The Labute approximate surface area is 171 Å². The van der Waals surface area contributed by atoms with E-state index in [0.717, 1.165) is 44.8 Å². The van der Waals surface area contributed by atoms with Gasteiger partial charge in [-0.1, -0.05) is 42.5 Å². The third-order valence-electron chi connectivity index (χ3n) is 5.41. The largest absolute Gasteiger partial charge is 0.338 e. The number of imidazole rings is 2. The third kappa shape index (κ3) is 2.55. The summed E-state index contributed by atoms with van der Waals surface area (Å²) in [6.07, 6.45) is 0. The Morgan fingerprint density at radius 2 is 1.43 bits per heavy atom. The Hall–Kier alpha value is -4.43. The molecule has 5 nitrogen and oxygen atoms in total. The van der Waals surface area contributed by atoms with Gasteiger partial charge >= 0.3 is 0 Å². The standard InChI is InChI=1S/C25H15N5/c26-14-15-8-10-20-22(12-15)29-24(27-20)17-9-11-21-23(13-17)30-25(28-21)19-7-3-5-16-4-1-2-6-18(16)19/h1-13H,(H,27,29)(H,28,30). The Kier molecular flexibility index (Phi) is 3.47. The van der Waals surface area contributed by atoms with Gasteiger partial charge in [-0.05, 0) is 47.2 Å². The number of H-pyrrole nitrogens is 2. The van der Waals surface area contributed by atoms with Gasteiger partial charge in [-0.3, -0.25) is 0 Å². The van der Waals surface area contributed by atoms with Gasteiger partial charge in [-0.15, -0.1) is 0 Å². The number of aromatic amines is 2. The lowest BCUT2D eigenvalue weighted by atomic mass is 10.0. The van der Waals surface area contributed by atoms with Crippen molar-refractivity contribution in [3.8, 4) is 28.8 Å². The van der Waals surface area contributed by atoms with Gasteiger partial charge in [-0.2, -0.15) is 5.26 Å². The van der Waals surface area contributed by atoms with E-state index in [9.17, 15) is 0 Å². The number of rotatable bonds is 2. The Bertz CT molecular complexity index is 1610. The molecule has 0 spiro atoms. The quantitative estimate of drug-likeness (QED) is 0.395. The van der Waals surface area contributed by atoms with Crippen molar-refractivity contribution in [2.75, 3.05) is 0 Å². The second-order valence-electron chi connectivity index (χ2n) is 7.27. The lowest BCUT2D eigenvalue weighted by molar-refractivity contribution is 1.34. The van der Waals surface area contributed by atoms with Gasteiger partial charge in [-0.25, -0.2) is 9.97 Å². The first-order chi connectivity index (χ1) is 14.8. The summed E-state index contributed by atoms with van der Waals surface area (Å²) < 4.78 is 0. The van der Waals surface area contributed by atoms with Crippen LogP contribution in [0.15, 0.2) is 78.9 Å². The summed E-state index contributed by atoms with van der Waals surface area (Å²) in [5, 5.41) is 11.5. The first-order valence-corrected chi connectivity index (χ1v) is 9.67. The van der Waals surface area contributed by atoms with Crippen molar-refractivity contribution in [1.82, 2.24) is 19.9 Å². The highest BCUT2D eigenvalue weighted by molar-refractivity contribution is 5.97. The van der Waals surface area contributed by atoms with E-state index in [1.54, 1.807) is 6.07 Å². The monoisotopic (exact) mass is 385 g/mol. The zero-order chi connectivity index (χ0) is 20.1. The minimum atomic E-state index is 0.612. The van der Waals surface area contributed by atoms with Gasteiger partial charge in [0.25, 0.3) is 0 Å². The van der Waals surface area contributed by atoms with E-state index >= 15 is 0 Å². The number of benzene rings is 4. The van der Waals surface area contributed by atoms with Gasteiger partial charge in [0.15, 0.2) is 0 Å². The number of nitriles is 1. The normalized spacial score (nSPS) is 11.3. The summed E-state index contributed by atoms with van der Waals surface area (Å²) in [5.74, 6) is 1.62. The first-order valence-electron chi connectivity index (χ1n) is 9.67. The molecule has 0 unspecified atom stereocenters. The second kappa shape index (κ2) is 6.29. The van der Waals surface area contributed by atoms with Crippen molar-refractivity contribution >= 4 is 32.8 Å². The molecule has 0 aliphatic rings. The van der Waals surface area contributed by atoms with E-state index in [0.29, 0.717) is 5.56 Å². The van der Waals surface area contributed by atoms with E-state index in [4.69, 9.17) is 10.2 Å². The number of hydrogen-bond donors (Lipinski definition) is 2. The van der Waals surface area contributed by atoms with Crippen LogP contribution < -0.4 is 0 Å². The molecule has 6 aromatic rings. The molecule has 140 valence electrons. The highest BCUT2D eigenvalue weighted by Crippen LogP contribution is 2.30. The van der Waals surface area contributed by atoms with E-state index in [1.165, 1.54) is 10.8 Å². The first kappa shape index (κ1) is 16.5. The van der Waals surface area contributed by atoms with E-state index in [1.807, 2.05) is 36.4 Å². The minimum absolute atomic E-state index is 0.612. The molecule has 2 heterocycles. The lowest BCUT2D eigenvalue weighted by Gasteiger charge is -2.03. The number of fused-ring (bicyclic) bond motifs is 3. The summed E-state index contributed by atoms with van der Waals surface area (Å²) in [6, 6.07) is 28.3. The Morgan fingerprint density at radius 3 is 2.33 bits per heavy atom. The molecule has 4 aromatic carbocycles. The Balaban J connectivity index is 1.47. The fourth-order valence-corrected chi connectivity index (χ4v) is 3.93. The van der Waals surface area contributed by atoms with Crippen LogP contribution >= 0.6 is 0 Å². The zero-order valence-corrected chi connectivity index (χ0v) is 15.8. The van der Waals surface area contributed by atoms with Crippen molar-refractivity contribution < 1.29 is 0 Å². The molecule has 6 rings (SSSR count). The fraction of sp³-hybridized carbons (Fsp3) is 0. The van der Waals surface area contributed by atoms with Crippen molar-refractivity contribution in [3.63, 3.8) is 0 Å². The van der Waals surface area contributed by atoms with Crippen LogP contribution in [0.25, 0.3) is 55.6 Å². The highest BCUT2D eigenvalue weighted by Gasteiger charge is 2.11. The molecule has 2 N–H and O–H groups in total. The molecule has 0 bridgehead atoms. The highest BCUT2D eigenvalue weighted by atomic mass is 14.9. The summed E-state index contributed by atoms with van der Waals surface area (Å²) in [5.41, 5.74) is 6.21. The van der Waals surface area contributed by atoms with Crippen LogP contribution in [0, 0.1) is 11.3 Å². The molecule has 0 fully saturated rings. The molecule has 0 saturated heterocycles. The summed E-state index contributed by atoms with van der Waals surface area (Å²) in [7, 11) is 0. The summed E-state index contributed by atoms with van der Waals surface area (Å²) in [6.45, 7) is 0. The van der Waals surface area contributed by atoms with Gasteiger partial charge in [0.1, 0.15) is 11.6 Å². The fourth-order valence-electron chi connectivity index (χ4n) is 3.93. The van der Waals surface area contributed by atoms with Gasteiger partial charge in [0, 0.05) is 11.1 Å². The SMILES string of the molecule is N#Cc1ccc2nc(-c3ccc4nc(-c5cccc6ccccc56)[nH]c4c3)[nH]c2c1. The van der Waals surface area contributed by atoms with E-state index in [2.05, 4.69) is 57.4 Å². The topological polar surface area (TPSA) is 81.2 Å². The predicted octanol–water partition coefficient (Wildman–Crippen LogP) is 5.80. The molecule has 0 aliphatic heterocycles. The van der Waals surface area contributed by atoms with Gasteiger partial charge in [0.2, 0.25) is 0 Å². The maximum absolute atomic E-state index is 9.11.